The standard InChI is InChI=1S/C18H23NO2/c1-4-5-10-19-18(20)13(2)14-6-7-16-12-17(21-3)9-8-15(16)11-14/h6-9,11-13H,4-5,10H2,1-3H3,(H,19,20)/t13-/m0/s1. The van der Waals surface area contributed by atoms with Crippen molar-refractivity contribution in [2.24, 2.45) is 0 Å². The van der Waals surface area contributed by atoms with Gasteiger partial charge in [-0.1, -0.05) is 37.6 Å². The normalized spacial score (nSPS) is 12.1. The van der Waals surface area contributed by atoms with Crippen LogP contribution in [-0.2, 0) is 4.79 Å². The third kappa shape index (κ3) is 3.75. The molecule has 0 heterocycles. The predicted molar refractivity (Wildman–Crippen MR) is 86.8 cm³/mol. The van der Waals surface area contributed by atoms with Crippen LogP contribution in [0.5, 0.6) is 5.75 Å². The van der Waals surface area contributed by atoms with Gasteiger partial charge in [-0.3, -0.25) is 4.79 Å². The molecule has 0 unspecified atom stereocenters. The summed E-state index contributed by atoms with van der Waals surface area (Å²) >= 11 is 0. The van der Waals surface area contributed by atoms with Crippen LogP contribution < -0.4 is 10.1 Å². The molecule has 0 aromatic heterocycles. The molecule has 2 aromatic rings. The van der Waals surface area contributed by atoms with Gasteiger partial charge in [-0.25, -0.2) is 0 Å². The van der Waals surface area contributed by atoms with Gasteiger partial charge in [0.2, 0.25) is 5.91 Å². The van der Waals surface area contributed by atoms with Crippen LogP contribution in [0.4, 0.5) is 0 Å². The van der Waals surface area contributed by atoms with Crippen molar-refractivity contribution < 1.29 is 9.53 Å². The van der Waals surface area contributed by atoms with Crippen LogP contribution in [0.3, 0.4) is 0 Å². The second-order valence-electron chi connectivity index (χ2n) is 5.34. The Bertz CT molecular complexity index is 622. The van der Waals surface area contributed by atoms with Crippen molar-refractivity contribution in [2.75, 3.05) is 13.7 Å². The number of ether oxygens (including phenoxy) is 1. The van der Waals surface area contributed by atoms with Crippen molar-refractivity contribution in [3.8, 4) is 5.75 Å². The Morgan fingerprint density at radius 3 is 2.62 bits per heavy atom. The zero-order valence-electron chi connectivity index (χ0n) is 13.0. The van der Waals surface area contributed by atoms with Crippen molar-refractivity contribution >= 4 is 16.7 Å². The highest BCUT2D eigenvalue weighted by atomic mass is 16.5. The molecule has 0 radical (unpaired) electrons. The van der Waals surface area contributed by atoms with Crippen LogP contribution in [0.25, 0.3) is 10.8 Å². The largest absolute Gasteiger partial charge is 0.497 e. The fourth-order valence-corrected chi connectivity index (χ4v) is 2.33. The molecule has 0 bridgehead atoms. The van der Waals surface area contributed by atoms with Crippen LogP contribution in [0.1, 0.15) is 38.2 Å². The quantitative estimate of drug-likeness (QED) is 0.818. The Hall–Kier alpha value is -2.03. The number of unbranched alkanes of at least 4 members (excludes halogenated alkanes) is 1. The number of benzene rings is 2. The summed E-state index contributed by atoms with van der Waals surface area (Å²) in [6.45, 7) is 4.82. The minimum Gasteiger partial charge on any atom is -0.497 e. The first kappa shape index (κ1) is 15.4. The summed E-state index contributed by atoms with van der Waals surface area (Å²) in [5.74, 6) is 0.810. The highest BCUT2D eigenvalue weighted by Gasteiger charge is 2.14. The average Bonchev–Trinajstić information content (AvgIpc) is 2.53. The Morgan fingerprint density at radius 2 is 1.90 bits per heavy atom. The Kier molecular flexibility index (Phi) is 5.20. The first-order valence-electron chi connectivity index (χ1n) is 7.51. The molecular formula is C18H23NO2. The fourth-order valence-electron chi connectivity index (χ4n) is 2.33. The summed E-state index contributed by atoms with van der Waals surface area (Å²) in [4.78, 5) is 12.1. The zero-order chi connectivity index (χ0) is 15.2. The summed E-state index contributed by atoms with van der Waals surface area (Å²) in [6.07, 6.45) is 2.11. The van der Waals surface area contributed by atoms with Crippen molar-refractivity contribution in [2.45, 2.75) is 32.6 Å². The van der Waals surface area contributed by atoms with Gasteiger partial charge in [0.1, 0.15) is 5.75 Å². The molecule has 3 nitrogen and oxygen atoms in total. The minimum absolute atomic E-state index is 0.0938. The van der Waals surface area contributed by atoms with Crippen LogP contribution in [0.2, 0.25) is 0 Å². The fraction of sp³-hybridized carbons (Fsp3) is 0.389. The molecule has 0 aliphatic heterocycles. The summed E-state index contributed by atoms with van der Waals surface area (Å²) in [7, 11) is 1.66. The number of carbonyl (C=O) groups is 1. The third-order valence-electron chi connectivity index (χ3n) is 3.79. The van der Waals surface area contributed by atoms with Gasteiger partial charge in [0, 0.05) is 6.54 Å². The van der Waals surface area contributed by atoms with E-state index in [9.17, 15) is 4.79 Å². The number of hydrogen-bond acceptors (Lipinski definition) is 2. The maximum Gasteiger partial charge on any atom is 0.227 e. The highest BCUT2D eigenvalue weighted by molar-refractivity contribution is 5.88. The lowest BCUT2D eigenvalue weighted by Gasteiger charge is -2.13. The maximum absolute atomic E-state index is 12.1. The molecule has 1 amide bonds. The summed E-state index contributed by atoms with van der Waals surface area (Å²) in [5, 5.41) is 5.24. The van der Waals surface area contributed by atoms with Gasteiger partial charge < -0.3 is 10.1 Å². The number of hydrogen-bond donors (Lipinski definition) is 1. The Labute approximate surface area is 126 Å². The van der Waals surface area contributed by atoms with Gasteiger partial charge in [-0.15, -0.1) is 0 Å². The highest BCUT2D eigenvalue weighted by Crippen LogP contribution is 2.25. The lowest BCUT2D eigenvalue weighted by molar-refractivity contribution is -0.122. The van der Waals surface area contributed by atoms with E-state index in [1.54, 1.807) is 7.11 Å². The van der Waals surface area contributed by atoms with E-state index >= 15 is 0 Å². The molecule has 0 aliphatic rings. The van der Waals surface area contributed by atoms with E-state index in [2.05, 4.69) is 18.3 Å². The molecular weight excluding hydrogens is 262 g/mol. The number of nitrogens with one attached hydrogen (secondary N) is 1. The molecule has 3 heteroatoms. The number of carbonyl (C=O) groups excluding carboxylic acids is 1. The van der Waals surface area contributed by atoms with E-state index in [1.807, 2.05) is 37.3 Å². The van der Waals surface area contributed by atoms with Crippen molar-refractivity contribution in [3.63, 3.8) is 0 Å². The second-order valence-corrected chi connectivity index (χ2v) is 5.34. The summed E-state index contributed by atoms with van der Waals surface area (Å²) in [5.41, 5.74) is 1.04. The number of fused-ring (bicyclic) bond motifs is 1. The van der Waals surface area contributed by atoms with Gasteiger partial charge in [0.05, 0.1) is 13.0 Å². The predicted octanol–water partition coefficient (Wildman–Crippen LogP) is 3.87. The number of methoxy groups -OCH3 is 1. The van der Waals surface area contributed by atoms with Crippen LogP contribution in [0.15, 0.2) is 36.4 Å². The first-order valence-corrected chi connectivity index (χ1v) is 7.51. The number of rotatable bonds is 6. The zero-order valence-corrected chi connectivity index (χ0v) is 13.0. The van der Waals surface area contributed by atoms with Crippen molar-refractivity contribution in [3.05, 3.63) is 42.0 Å². The lowest BCUT2D eigenvalue weighted by atomic mass is 9.97. The second kappa shape index (κ2) is 7.11. The summed E-state index contributed by atoms with van der Waals surface area (Å²) in [6, 6.07) is 12.1. The van der Waals surface area contributed by atoms with E-state index in [1.165, 1.54) is 0 Å². The topological polar surface area (TPSA) is 38.3 Å². The summed E-state index contributed by atoms with van der Waals surface area (Å²) < 4.78 is 5.23. The van der Waals surface area contributed by atoms with Gasteiger partial charge in [0.15, 0.2) is 0 Å². The van der Waals surface area contributed by atoms with Gasteiger partial charge in [0.25, 0.3) is 0 Å². The van der Waals surface area contributed by atoms with E-state index in [4.69, 9.17) is 4.74 Å². The lowest BCUT2D eigenvalue weighted by Crippen LogP contribution is -2.28. The molecule has 2 aromatic carbocycles. The maximum atomic E-state index is 12.1. The van der Waals surface area contributed by atoms with E-state index in [-0.39, 0.29) is 11.8 Å². The molecule has 0 saturated carbocycles. The smallest absolute Gasteiger partial charge is 0.227 e. The monoisotopic (exact) mass is 285 g/mol. The minimum atomic E-state index is -0.131. The Balaban J connectivity index is 2.16. The molecule has 2 rings (SSSR count). The first-order chi connectivity index (χ1) is 10.2. The van der Waals surface area contributed by atoms with Crippen LogP contribution in [0, 0.1) is 0 Å². The molecule has 1 N–H and O–H groups in total. The molecule has 0 saturated heterocycles. The average molecular weight is 285 g/mol. The van der Waals surface area contributed by atoms with E-state index in [0.717, 1.165) is 41.5 Å². The number of amides is 1. The van der Waals surface area contributed by atoms with Crippen LogP contribution >= 0.6 is 0 Å². The van der Waals surface area contributed by atoms with Gasteiger partial charge in [-0.2, -0.15) is 0 Å². The molecule has 0 aliphatic carbocycles. The third-order valence-corrected chi connectivity index (χ3v) is 3.79. The van der Waals surface area contributed by atoms with Crippen molar-refractivity contribution in [1.82, 2.24) is 5.32 Å². The van der Waals surface area contributed by atoms with Gasteiger partial charge >= 0.3 is 0 Å². The molecule has 0 spiro atoms. The van der Waals surface area contributed by atoms with Crippen molar-refractivity contribution in [1.29, 1.82) is 0 Å². The van der Waals surface area contributed by atoms with E-state index in [0.29, 0.717) is 0 Å². The Morgan fingerprint density at radius 1 is 1.19 bits per heavy atom. The molecule has 112 valence electrons. The molecule has 1 atom stereocenters. The molecule has 0 fully saturated rings. The van der Waals surface area contributed by atoms with Crippen LogP contribution in [-0.4, -0.2) is 19.6 Å². The van der Waals surface area contributed by atoms with Gasteiger partial charge in [-0.05, 0) is 41.8 Å². The SMILES string of the molecule is CCCCNC(=O)[C@@H](C)c1ccc2cc(OC)ccc2c1. The molecule has 21 heavy (non-hydrogen) atoms. The van der Waals surface area contributed by atoms with E-state index < -0.39 is 0 Å².